The number of nitrogens with zero attached hydrogens (tertiary/aromatic N) is 1. The third-order valence-corrected chi connectivity index (χ3v) is 4.06. The standard InChI is InChI=1S/C18H22F2N2O4/c1-10(2)22-11(3)15(17(23)26-8-7-25-4)16(21-18(22)24)13-6-5-12(19)9-14(13)20/h5-6,9-10,16H,7-8H2,1-4H3,(H,21,24)/t16-/m0/s1. The van der Waals surface area contributed by atoms with Crippen molar-refractivity contribution in [2.45, 2.75) is 32.9 Å². The van der Waals surface area contributed by atoms with Gasteiger partial charge in [-0.25, -0.2) is 18.4 Å². The normalized spacial score (nSPS) is 17.6. The van der Waals surface area contributed by atoms with Crippen LogP contribution in [0.4, 0.5) is 13.6 Å². The van der Waals surface area contributed by atoms with Gasteiger partial charge in [-0.2, -0.15) is 0 Å². The highest BCUT2D eigenvalue weighted by Gasteiger charge is 2.38. The Morgan fingerprint density at radius 1 is 1.31 bits per heavy atom. The molecule has 1 aromatic rings. The molecule has 1 atom stereocenters. The van der Waals surface area contributed by atoms with Crippen LogP contribution < -0.4 is 5.32 Å². The van der Waals surface area contributed by atoms with E-state index in [1.54, 1.807) is 20.8 Å². The summed E-state index contributed by atoms with van der Waals surface area (Å²) < 4.78 is 37.6. The monoisotopic (exact) mass is 368 g/mol. The molecule has 0 unspecified atom stereocenters. The van der Waals surface area contributed by atoms with E-state index in [2.05, 4.69) is 5.32 Å². The van der Waals surface area contributed by atoms with Gasteiger partial charge in [-0.15, -0.1) is 0 Å². The smallest absolute Gasteiger partial charge is 0.338 e. The molecular weight excluding hydrogens is 346 g/mol. The summed E-state index contributed by atoms with van der Waals surface area (Å²) in [6, 6.07) is 1.21. The minimum atomic E-state index is -1.08. The maximum Gasteiger partial charge on any atom is 0.338 e. The first-order valence-electron chi connectivity index (χ1n) is 8.19. The Morgan fingerprint density at radius 3 is 2.58 bits per heavy atom. The highest BCUT2D eigenvalue weighted by Crippen LogP contribution is 2.33. The number of rotatable bonds is 6. The molecule has 0 aromatic heterocycles. The minimum absolute atomic E-state index is 0.0128. The van der Waals surface area contributed by atoms with Gasteiger partial charge in [0.2, 0.25) is 0 Å². The number of carbonyl (C=O) groups excluding carboxylic acids is 2. The van der Waals surface area contributed by atoms with Gasteiger partial charge in [0.05, 0.1) is 18.2 Å². The van der Waals surface area contributed by atoms with Gasteiger partial charge in [0, 0.05) is 30.5 Å². The van der Waals surface area contributed by atoms with Crippen LogP contribution in [0.2, 0.25) is 0 Å². The van der Waals surface area contributed by atoms with E-state index in [4.69, 9.17) is 9.47 Å². The van der Waals surface area contributed by atoms with E-state index >= 15 is 0 Å². The molecule has 26 heavy (non-hydrogen) atoms. The summed E-state index contributed by atoms with van der Waals surface area (Å²) in [5.41, 5.74) is 0.445. The summed E-state index contributed by atoms with van der Waals surface area (Å²) in [6.45, 7) is 5.39. The minimum Gasteiger partial charge on any atom is -0.460 e. The highest BCUT2D eigenvalue weighted by molar-refractivity contribution is 5.95. The van der Waals surface area contributed by atoms with Crippen LogP contribution in [0.1, 0.15) is 32.4 Å². The van der Waals surface area contributed by atoms with Crippen molar-refractivity contribution in [3.63, 3.8) is 0 Å². The van der Waals surface area contributed by atoms with E-state index in [0.717, 1.165) is 6.07 Å². The van der Waals surface area contributed by atoms with Crippen molar-refractivity contribution in [3.05, 3.63) is 46.7 Å². The largest absolute Gasteiger partial charge is 0.460 e. The Balaban J connectivity index is 2.50. The molecule has 0 spiro atoms. The Bertz CT molecular complexity index is 734. The van der Waals surface area contributed by atoms with Crippen LogP contribution in [0.15, 0.2) is 29.5 Å². The Morgan fingerprint density at radius 2 is 2.00 bits per heavy atom. The van der Waals surface area contributed by atoms with Gasteiger partial charge in [-0.05, 0) is 26.8 Å². The lowest BCUT2D eigenvalue weighted by molar-refractivity contribution is -0.141. The molecule has 0 radical (unpaired) electrons. The van der Waals surface area contributed by atoms with Crippen LogP contribution in [0, 0.1) is 11.6 Å². The summed E-state index contributed by atoms with van der Waals surface area (Å²) in [5.74, 6) is -2.30. The van der Waals surface area contributed by atoms with Crippen molar-refractivity contribution in [3.8, 4) is 0 Å². The van der Waals surface area contributed by atoms with E-state index < -0.39 is 29.7 Å². The Labute approximate surface area is 150 Å². The third-order valence-electron chi connectivity index (χ3n) is 4.06. The average Bonchev–Trinajstić information content (AvgIpc) is 2.54. The van der Waals surface area contributed by atoms with Gasteiger partial charge in [-0.1, -0.05) is 6.07 Å². The first kappa shape index (κ1) is 19.8. The van der Waals surface area contributed by atoms with E-state index in [9.17, 15) is 18.4 Å². The molecule has 0 saturated carbocycles. The summed E-state index contributed by atoms with van der Waals surface area (Å²) in [5, 5.41) is 2.61. The molecule has 8 heteroatoms. The second-order valence-electron chi connectivity index (χ2n) is 6.14. The van der Waals surface area contributed by atoms with Crippen molar-refractivity contribution < 1.29 is 27.8 Å². The molecule has 142 valence electrons. The first-order valence-corrected chi connectivity index (χ1v) is 8.19. The van der Waals surface area contributed by atoms with Crippen molar-refractivity contribution in [2.24, 2.45) is 0 Å². The second kappa shape index (κ2) is 8.27. The fourth-order valence-corrected chi connectivity index (χ4v) is 2.91. The zero-order valence-electron chi connectivity index (χ0n) is 15.1. The second-order valence-corrected chi connectivity index (χ2v) is 6.14. The fraction of sp³-hybridized carbons (Fsp3) is 0.444. The fourth-order valence-electron chi connectivity index (χ4n) is 2.91. The molecule has 6 nitrogen and oxygen atoms in total. The predicted octanol–water partition coefficient (Wildman–Crippen LogP) is 2.90. The van der Waals surface area contributed by atoms with Crippen molar-refractivity contribution in [1.29, 1.82) is 0 Å². The predicted molar refractivity (Wildman–Crippen MR) is 90.1 cm³/mol. The van der Waals surface area contributed by atoms with Crippen molar-refractivity contribution in [1.82, 2.24) is 10.2 Å². The Kier molecular flexibility index (Phi) is 6.31. The maximum atomic E-state index is 14.3. The lowest BCUT2D eigenvalue weighted by atomic mass is 9.94. The molecule has 1 heterocycles. The van der Waals surface area contributed by atoms with Gasteiger partial charge in [0.15, 0.2) is 0 Å². The molecule has 2 amide bonds. The lowest BCUT2D eigenvalue weighted by Gasteiger charge is -2.37. The number of amides is 2. The van der Waals surface area contributed by atoms with Crippen LogP contribution in [0.25, 0.3) is 0 Å². The molecule has 1 N–H and O–H groups in total. The number of ether oxygens (including phenoxy) is 2. The number of allylic oxidation sites excluding steroid dienone is 1. The average molecular weight is 368 g/mol. The van der Waals surface area contributed by atoms with Crippen LogP contribution in [0.3, 0.4) is 0 Å². The number of halogens is 2. The molecule has 0 fully saturated rings. The number of benzene rings is 1. The van der Waals surface area contributed by atoms with Crippen LogP contribution in [0.5, 0.6) is 0 Å². The Hall–Kier alpha value is -2.48. The zero-order chi connectivity index (χ0) is 19.4. The number of hydrogen-bond acceptors (Lipinski definition) is 4. The quantitative estimate of drug-likeness (QED) is 0.619. The van der Waals surface area contributed by atoms with Gasteiger partial charge in [0.1, 0.15) is 18.2 Å². The van der Waals surface area contributed by atoms with Crippen molar-refractivity contribution >= 4 is 12.0 Å². The summed E-state index contributed by atoms with van der Waals surface area (Å²) in [4.78, 5) is 26.5. The highest BCUT2D eigenvalue weighted by atomic mass is 19.1. The van der Waals surface area contributed by atoms with E-state index in [1.165, 1.54) is 18.1 Å². The number of carbonyl (C=O) groups is 2. The van der Waals surface area contributed by atoms with E-state index in [1.807, 2.05) is 0 Å². The molecule has 0 saturated heterocycles. The molecule has 0 bridgehead atoms. The number of nitrogens with one attached hydrogen (secondary N) is 1. The van der Waals surface area contributed by atoms with Gasteiger partial charge in [-0.3, -0.25) is 4.90 Å². The lowest BCUT2D eigenvalue weighted by Crippen LogP contribution is -2.50. The van der Waals surface area contributed by atoms with E-state index in [-0.39, 0.29) is 30.4 Å². The summed E-state index contributed by atoms with van der Waals surface area (Å²) >= 11 is 0. The summed E-state index contributed by atoms with van der Waals surface area (Å²) in [6.07, 6.45) is 0. The topological polar surface area (TPSA) is 67.9 Å². The number of hydrogen-bond donors (Lipinski definition) is 1. The molecule has 1 aliphatic rings. The molecule has 1 aliphatic heterocycles. The third kappa shape index (κ3) is 4.01. The number of methoxy groups -OCH3 is 1. The first-order chi connectivity index (χ1) is 12.3. The number of urea groups is 1. The van der Waals surface area contributed by atoms with Crippen LogP contribution >= 0.6 is 0 Å². The van der Waals surface area contributed by atoms with Crippen LogP contribution in [-0.2, 0) is 14.3 Å². The van der Waals surface area contributed by atoms with Gasteiger partial charge < -0.3 is 14.8 Å². The maximum absolute atomic E-state index is 14.3. The molecule has 1 aromatic carbocycles. The van der Waals surface area contributed by atoms with Crippen molar-refractivity contribution in [2.75, 3.05) is 20.3 Å². The number of esters is 1. The zero-order valence-corrected chi connectivity index (χ0v) is 15.1. The van der Waals surface area contributed by atoms with Gasteiger partial charge >= 0.3 is 12.0 Å². The van der Waals surface area contributed by atoms with Crippen LogP contribution in [-0.4, -0.2) is 43.3 Å². The molecule has 2 rings (SSSR count). The molecular formula is C18H22F2N2O4. The summed E-state index contributed by atoms with van der Waals surface area (Å²) in [7, 11) is 1.47. The van der Waals surface area contributed by atoms with E-state index in [0.29, 0.717) is 11.8 Å². The molecule has 0 aliphatic carbocycles. The SMILES string of the molecule is COCCOC(=O)C1=C(C)N(C(C)C)C(=O)N[C@H]1c1ccc(F)cc1F. The van der Waals surface area contributed by atoms with Gasteiger partial charge in [0.25, 0.3) is 0 Å².